The molecule has 2 aromatic rings. The van der Waals surface area contributed by atoms with Crippen molar-refractivity contribution < 1.29 is 0 Å². The smallest absolute Gasteiger partial charge is 0.0460 e. The quantitative estimate of drug-likeness (QED) is 0.733. The lowest BCUT2D eigenvalue weighted by Gasteiger charge is -2.29. The molecule has 1 aromatic carbocycles. The Kier molecular flexibility index (Phi) is 3.69. The summed E-state index contributed by atoms with van der Waals surface area (Å²) in [4.78, 5) is 3.39. The lowest BCUT2D eigenvalue weighted by molar-refractivity contribution is 0.306. The fraction of sp³-hybridized carbons (Fsp3) is 0.474. The molecule has 0 radical (unpaired) electrons. The van der Waals surface area contributed by atoms with E-state index in [1.165, 1.54) is 59.7 Å². The lowest BCUT2D eigenvalue weighted by Crippen LogP contribution is -2.16. The number of aromatic amines is 1. The first-order valence-electron chi connectivity index (χ1n) is 7.93. The van der Waals surface area contributed by atoms with Gasteiger partial charge >= 0.3 is 0 Å². The van der Waals surface area contributed by atoms with Crippen molar-refractivity contribution in [2.75, 3.05) is 0 Å². The summed E-state index contributed by atoms with van der Waals surface area (Å²) in [7, 11) is 0. The van der Waals surface area contributed by atoms with Crippen LogP contribution in [0.15, 0.2) is 31.0 Å². The van der Waals surface area contributed by atoms with E-state index >= 15 is 0 Å². The van der Waals surface area contributed by atoms with Crippen LogP contribution < -0.4 is 0 Å². The molecule has 1 saturated carbocycles. The van der Waals surface area contributed by atoms with Gasteiger partial charge in [-0.3, -0.25) is 0 Å². The van der Waals surface area contributed by atoms with Crippen LogP contribution >= 0.6 is 0 Å². The first-order valence-corrected chi connectivity index (χ1v) is 7.93. The van der Waals surface area contributed by atoms with Gasteiger partial charge in [0.1, 0.15) is 0 Å². The number of aryl methyl sites for hydroxylation is 1. The Hall–Kier alpha value is -1.50. The number of aromatic nitrogens is 1. The SMILES string of the molecule is C=C(c1c[nH]c2ccc(C)cc12)C(C)C1CCCCC1. The molecule has 1 aliphatic rings. The third kappa shape index (κ3) is 2.42. The Balaban J connectivity index is 1.89. The van der Waals surface area contributed by atoms with Gasteiger partial charge < -0.3 is 4.98 Å². The van der Waals surface area contributed by atoms with Crippen LogP contribution in [0.3, 0.4) is 0 Å². The number of rotatable bonds is 3. The standard InChI is InChI=1S/C19H25N/c1-13-9-10-19-17(11-13)18(12-20-19)15(3)14(2)16-7-5-4-6-8-16/h9-12,14,16,20H,3-8H2,1-2H3. The summed E-state index contributed by atoms with van der Waals surface area (Å²) in [5.74, 6) is 1.42. The molecule has 1 aliphatic carbocycles. The molecule has 1 heteroatoms. The predicted octanol–water partition coefficient (Wildman–Crippen LogP) is 5.71. The Labute approximate surface area is 122 Å². The molecule has 1 heterocycles. The molecular formula is C19H25N. The van der Waals surface area contributed by atoms with Crippen molar-refractivity contribution in [1.82, 2.24) is 4.98 Å². The number of fused-ring (bicyclic) bond motifs is 1. The van der Waals surface area contributed by atoms with E-state index in [1.54, 1.807) is 0 Å². The Morgan fingerprint density at radius 3 is 2.75 bits per heavy atom. The molecule has 0 spiro atoms. The Bertz CT molecular complexity index is 614. The summed E-state index contributed by atoms with van der Waals surface area (Å²) in [5.41, 5.74) is 5.18. The Morgan fingerprint density at radius 2 is 2.00 bits per heavy atom. The van der Waals surface area contributed by atoms with Crippen molar-refractivity contribution in [2.45, 2.75) is 46.0 Å². The highest BCUT2D eigenvalue weighted by Crippen LogP contribution is 2.38. The fourth-order valence-electron chi connectivity index (χ4n) is 3.66. The second kappa shape index (κ2) is 5.47. The third-order valence-corrected chi connectivity index (χ3v) is 5.09. The molecule has 20 heavy (non-hydrogen) atoms. The molecular weight excluding hydrogens is 242 g/mol. The van der Waals surface area contributed by atoms with Crippen LogP contribution in [0.25, 0.3) is 16.5 Å². The molecule has 1 aromatic heterocycles. The second-order valence-electron chi connectivity index (χ2n) is 6.46. The molecule has 1 unspecified atom stereocenters. The minimum atomic E-state index is 0.592. The van der Waals surface area contributed by atoms with E-state index < -0.39 is 0 Å². The third-order valence-electron chi connectivity index (χ3n) is 5.09. The zero-order valence-corrected chi connectivity index (χ0v) is 12.7. The number of hydrogen-bond donors (Lipinski definition) is 1. The highest BCUT2D eigenvalue weighted by molar-refractivity contribution is 5.92. The van der Waals surface area contributed by atoms with Crippen molar-refractivity contribution in [1.29, 1.82) is 0 Å². The molecule has 1 atom stereocenters. The summed E-state index contributed by atoms with van der Waals surface area (Å²) < 4.78 is 0. The van der Waals surface area contributed by atoms with Gasteiger partial charge in [0.15, 0.2) is 0 Å². The fourth-order valence-corrected chi connectivity index (χ4v) is 3.66. The van der Waals surface area contributed by atoms with Crippen LogP contribution in [-0.4, -0.2) is 4.98 Å². The summed E-state index contributed by atoms with van der Waals surface area (Å²) in [6.07, 6.45) is 9.11. The number of allylic oxidation sites excluding steroid dienone is 1. The van der Waals surface area contributed by atoms with E-state index in [1.807, 2.05) is 0 Å². The summed E-state index contributed by atoms with van der Waals surface area (Å²) >= 11 is 0. The zero-order chi connectivity index (χ0) is 14.1. The monoisotopic (exact) mass is 267 g/mol. The maximum absolute atomic E-state index is 4.43. The van der Waals surface area contributed by atoms with Crippen molar-refractivity contribution in [2.24, 2.45) is 11.8 Å². The molecule has 1 fully saturated rings. The molecule has 106 valence electrons. The highest BCUT2D eigenvalue weighted by Gasteiger charge is 2.23. The largest absolute Gasteiger partial charge is 0.361 e. The highest BCUT2D eigenvalue weighted by atomic mass is 14.7. The summed E-state index contributed by atoms with van der Waals surface area (Å²) in [6, 6.07) is 6.61. The molecule has 1 nitrogen and oxygen atoms in total. The minimum Gasteiger partial charge on any atom is -0.361 e. The van der Waals surface area contributed by atoms with Gasteiger partial charge in [0.25, 0.3) is 0 Å². The zero-order valence-electron chi connectivity index (χ0n) is 12.7. The number of benzene rings is 1. The van der Waals surface area contributed by atoms with E-state index in [2.05, 4.69) is 49.8 Å². The van der Waals surface area contributed by atoms with Gasteiger partial charge in [0.05, 0.1) is 0 Å². The molecule has 0 saturated heterocycles. The molecule has 0 aliphatic heterocycles. The number of nitrogens with one attached hydrogen (secondary N) is 1. The van der Waals surface area contributed by atoms with Crippen molar-refractivity contribution >= 4 is 16.5 Å². The molecule has 0 amide bonds. The van der Waals surface area contributed by atoms with Crippen molar-refractivity contribution in [3.8, 4) is 0 Å². The molecule has 0 bridgehead atoms. The van der Waals surface area contributed by atoms with Gasteiger partial charge in [-0.1, -0.05) is 44.4 Å². The first kappa shape index (κ1) is 13.5. The van der Waals surface area contributed by atoms with Crippen molar-refractivity contribution in [3.63, 3.8) is 0 Å². The first-order chi connectivity index (χ1) is 9.66. The van der Waals surface area contributed by atoms with E-state index in [4.69, 9.17) is 0 Å². The second-order valence-corrected chi connectivity index (χ2v) is 6.46. The molecule has 3 rings (SSSR count). The van der Waals surface area contributed by atoms with Gasteiger partial charge in [-0.2, -0.15) is 0 Å². The van der Waals surface area contributed by atoms with Crippen LogP contribution in [0.2, 0.25) is 0 Å². The lowest BCUT2D eigenvalue weighted by atomic mass is 9.76. The number of hydrogen-bond acceptors (Lipinski definition) is 0. The van der Waals surface area contributed by atoms with E-state index in [9.17, 15) is 0 Å². The van der Waals surface area contributed by atoms with Crippen molar-refractivity contribution in [3.05, 3.63) is 42.1 Å². The van der Waals surface area contributed by atoms with Gasteiger partial charge in [-0.25, -0.2) is 0 Å². The average molecular weight is 267 g/mol. The van der Waals surface area contributed by atoms with Crippen LogP contribution in [0, 0.1) is 18.8 Å². The summed E-state index contributed by atoms with van der Waals surface area (Å²) in [6.45, 7) is 8.96. The van der Waals surface area contributed by atoms with E-state index in [-0.39, 0.29) is 0 Å². The van der Waals surface area contributed by atoms with Gasteiger partial charge in [0.2, 0.25) is 0 Å². The Morgan fingerprint density at radius 1 is 1.25 bits per heavy atom. The normalized spacial score (nSPS) is 18.3. The van der Waals surface area contributed by atoms with Gasteiger partial charge in [-0.15, -0.1) is 0 Å². The van der Waals surface area contributed by atoms with Crippen LogP contribution in [0.4, 0.5) is 0 Å². The maximum Gasteiger partial charge on any atom is 0.0460 e. The topological polar surface area (TPSA) is 15.8 Å². The van der Waals surface area contributed by atoms with Crippen LogP contribution in [0.5, 0.6) is 0 Å². The van der Waals surface area contributed by atoms with Crippen LogP contribution in [-0.2, 0) is 0 Å². The van der Waals surface area contributed by atoms with E-state index in [0.717, 1.165) is 5.92 Å². The van der Waals surface area contributed by atoms with Crippen LogP contribution in [0.1, 0.15) is 50.2 Å². The summed E-state index contributed by atoms with van der Waals surface area (Å²) in [5, 5.41) is 1.33. The number of H-pyrrole nitrogens is 1. The van der Waals surface area contributed by atoms with E-state index in [0.29, 0.717) is 5.92 Å². The van der Waals surface area contributed by atoms with Gasteiger partial charge in [-0.05, 0) is 49.3 Å². The average Bonchev–Trinajstić information content (AvgIpc) is 2.89. The maximum atomic E-state index is 4.43. The predicted molar refractivity (Wildman–Crippen MR) is 87.8 cm³/mol. The van der Waals surface area contributed by atoms with Gasteiger partial charge in [0, 0.05) is 22.7 Å². The minimum absolute atomic E-state index is 0.592. The molecule has 1 N–H and O–H groups in total.